The van der Waals surface area contributed by atoms with Gasteiger partial charge in [0.15, 0.2) is 11.2 Å². The molecular weight excluding hydrogens is 878 g/mol. The minimum absolute atomic E-state index is 0.0222. The van der Waals surface area contributed by atoms with Gasteiger partial charge in [0.1, 0.15) is 11.9 Å². The van der Waals surface area contributed by atoms with Crippen molar-refractivity contribution in [1.29, 1.82) is 5.26 Å². The van der Waals surface area contributed by atoms with Crippen LogP contribution >= 0.6 is 11.3 Å². The van der Waals surface area contributed by atoms with Crippen LogP contribution in [-0.2, 0) is 33.9 Å². The molecule has 0 saturated carbocycles. The second-order valence-electron chi connectivity index (χ2n) is 18.6. The molecule has 1 spiro atoms. The van der Waals surface area contributed by atoms with Gasteiger partial charge in [0.2, 0.25) is 11.8 Å². The van der Waals surface area contributed by atoms with E-state index in [0.717, 1.165) is 49.4 Å². The first-order chi connectivity index (χ1) is 32.4. The fourth-order valence-electron chi connectivity index (χ4n) is 10.7. The first kappa shape index (κ1) is 42.5. The van der Waals surface area contributed by atoms with Crippen LogP contribution in [0.5, 0.6) is 0 Å². The summed E-state index contributed by atoms with van der Waals surface area (Å²) in [6.07, 6.45) is 5.85. The molecule has 6 amide bonds. The number of halogens is 1. The number of aryl methyl sites for hydroxylation is 1. The average molecular weight is 924 g/mol. The third-order valence-electron chi connectivity index (χ3n) is 14.3. The lowest BCUT2D eigenvalue weighted by Gasteiger charge is -2.61. The van der Waals surface area contributed by atoms with Gasteiger partial charge >= 0.3 is 6.03 Å². The molecule has 67 heavy (non-hydrogen) atoms. The molecule has 3 aromatic carbocycles. The van der Waals surface area contributed by atoms with Crippen LogP contribution in [0.2, 0.25) is 0 Å². The van der Waals surface area contributed by atoms with E-state index in [9.17, 15) is 34.3 Å². The Bertz CT molecular complexity index is 2890. The number of urea groups is 1. The van der Waals surface area contributed by atoms with Gasteiger partial charge in [-0.3, -0.25) is 34.7 Å². The summed E-state index contributed by atoms with van der Waals surface area (Å²) >= 11 is 1.27. The number of hydrogen-bond acceptors (Lipinski definition) is 12. The first-order valence-electron chi connectivity index (χ1n) is 22.5. The number of amides is 6. The molecule has 4 fully saturated rings. The number of imidazole rings is 1. The molecule has 8 heterocycles. The maximum atomic E-state index is 16.0. The molecule has 19 heteroatoms. The van der Waals surface area contributed by atoms with E-state index in [4.69, 9.17) is 0 Å². The number of anilines is 4. The largest absolute Gasteiger partial charge is 0.389 e. The van der Waals surface area contributed by atoms with Crippen molar-refractivity contribution in [2.75, 3.05) is 65.8 Å². The fraction of sp³-hybridized carbons (Fsp3) is 0.375. The molecule has 6 aliphatic rings. The van der Waals surface area contributed by atoms with Crippen molar-refractivity contribution < 1.29 is 33.5 Å². The number of carbonyl (C=O) groups is 5. The number of nitriles is 1. The van der Waals surface area contributed by atoms with Crippen LogP contribution in [0.1, 0.15) is 71.0 Å². The maximum Gasteiger partial charge on any atom is 0.328 e. The number of nitrogens with zero attached hydrogens (tertiary/aromatic N) is 9. The SMILES string of the molecule is N#Cc1cc(N2CCC(=O)NC2=O)ccc1N1CCC(O)(CC(=O)N2CC3(C2)CN(c2ccc(-c4cc(F)c5c(c4)C(=O)N(C(C(=O)Nc4nccs4)c4ncn6c4CCC6)C5)cc2)C3)CC1. The normalized spacial score (nSPS) is 19.7. The number of aliphatic hydroxyl groups is 1. The molecule has 342 valence electrons. The highest BCUT2D eigenvalue weighted by atomic mass is 32.1. The van der Waals surface area contributed by atoms with E-state index in [-0.39, 0.29) is 54.3 Å². The van der Waals surface area contributed by atoms with Crippen molar-refractivity contribution in [1.82, 2.24) is 29.7 Å². The van der Waals surface area contributed by atoms with E-state index >= 15 is 4.39 Å². The molecule has 1 atom stereocenters. The van der Waals surface area contributed by atoms with Crippen LogP contribution in [0.4, 0.5) is 31.4 Å². The molecule has 6 aliphatic heterocycles. The zero-order chi connectivity index (χ0) is 46.2. The van der Waals surface area contributed by atoms with Gasteiger partial charge in [-0.25, -0.2) is 19.2 Å². The minimum Gasteiger partial charge on any atom is -0.389 e. The Morgan fingerprint density at radius 1 is 0.925 bits per heavy atom. The van der Waals surface area contributed by atoms with E-state index in [1.54, 1.807) is 42.2 Å². The molecule has 3 N–H and O–H groups in total. The van der Waals surface area contributed by atoms with Gasteiger partial charge in [-0.05, 0) is 79.3 Å². The first-order valence-corrected chi connectivity index (χ1v) is 23.4. The van der Waals surface area contributed by atoms with Crippen LogP contribution in [0.3, 0.4) is 0 Å². The highest BCUT2D eigenvalue weighted by Crippen LogP contribution is 2.44. The number of piperidine rings is 1. The van der Waals surface area contributed by atoms with Crippen molar-refractivity contribution in [2.45, 2.75) is 63.3 Å². The smallest absolute Gasteiger partial charge is 0.328 e. The number of thiazole rings is 1. The number of nitrogens with one attached hydrogen (secondary N) is 2. The monoisotopic (exact) mass is 923 g/mol. The molecular formula is C48H46FN11O6S. The number of benzene rings is 3. The third kappa shape index (κ3) is 7.63. The van der Waals surface area contributed by atoms with E-state index in [2.05, 4.69) is 31.6 Å². The Morgan fingerprint density at radius 2 is 1.70 bits per heavy atom. The second-order valence-corrected chi connectivity index (χ2v) is 19.5. The summed E-state index contributed by atoms with van der Waals surface area (Å²) in [5.74, 6) is -1.82. The Kier molecular flexibility index (Phi) is 10.3. The fourth-order valence-corrected chi connectivity index (χ4v) is 11.2. The summed E-state index contributed by atoms with van der Waals surface area (Å²) < 4.78 is 18.0. The molecule has 2 aromatic heterocycles. The Labute approximate surface area is 388 Å². The average Bonchev–Trinajstić information content (AvgIpc) is 4.11. The van der Waals surface area contributed by atoms with Gasteiger partial charge < -0.3 is 29.3 Å². The van der Waals surface area contributed by atoms with Gasteiger partial charge in [-0.2, -0.15) is 5.26 Å². The lowest BCUT2D eigenvalue weighted by atomic mass is 9.72. The van der Waals surface area contributed by atoms with Crippen molar-refractivity contribution >= 4 is 63.2 Å². The molecule has 4 saturated heterocycles. The molecule has 17 nitrogen and oxygen atoms in total. The van der Waals surface area contributed by atoms with Crippen LogP contribution in [0, 0.1) is 22.6 Å². The van der Waals surface area contributed by atoms with E-state index < -0.39 is 35.3 Å². The highest BCUT2D eigenvalue weighted by Gasteiger charge is 2.54. The van der Waals surface area contributed by atoms with Crippen LogP contribution in [0.25, 0.3) is 11.1 Å². The lowest BCUT2D eigenvalue weighted by molar-refractivity contribution is -0.151. The molecule has 1 unspecified atom stereocenters. The van der Waals surface area contributed by atoms with Crippen LogP contribution in [0.15, 0.2) is 72.5 Å². The van der Waals surface area contributed by atoms with Crippen LogP contribution in [-0.4, -0.2) is 111 Å². The zero-order valence-corrected chi connectivity index (χ0v) is 37.2. The Morgan fingerprint density at radius 3 is 2.43 bits per heavy atom. The van der Waals surface area contributed by atoms with Crippen LogP contribution < -0.4 is 25.3 Å². The molecule has 0 aliphatic carbocycles. The number of aromatic nitrogens is 3. The quantitative estimate of drug-likeness (QED) is 0.174. The molecule has 11 rings (SSSR count). The number of hydrogen-bond donors (Lipinski definition) is 3. The van der Waals surface area contributed by atoms with Crippen molar-refractivity contribution in [3.63, 3.8) is 0 Å². The van der Waals surface area contributed by atoms with Crippen molar-refractivity contribution in [2.24, 2.45) is 5.41 Å². The number of fused-ring (bicyclic) bond motifs is 2. The highest BCUT2D eigenvalue weighted by molar-refractivity contribution is 7.13. The summed E-state index contributed by atoms with van der Waals surface area (Å²) in [5.41, 5.74) is 4.57. The Hall–Kier alpha value is -7.17. The summed E-state index contributed by atoms with van der Waals surface area (Å²) in [6.45, 7) is 4.61. The summed E-state index contributed by atoms with van der Waals surface area (Å²) in [4.78, 5) is 83.1. The topological polar surface area (TPSA) is 200 Å². The summed E-state index contributed by atoms with van der Waals surface area (Å²) in [7, 11) is 0. The zero-order valence-electron chi connectivity index (χ0n) is 36.4. The van der Waals surface area contributed by atoms with Gasteiger partial charge in [-0.15, -0.1) is 11.3 Å². The third-order valence-corrected chi connectivity index (χ3v) is 15.0. The van der Waals surface area contributed by atoms with Gasteiger partial charge in [0, 0.05) is 104 Å². The van der Waals surface area contributed by atoms with E-state index in [1.165, 1.54) is 27.2 Å². The van der Waals surface area contributed by atoms with Crippen molar-refractivity contribution in [3.8, 4) is 17.2 Å². The number of carbonyl (C=O) groups excluding carboxylic acids is 5. The van der Waals surface area contributed by atoms with E-state index in [0.29, 0.717) is 72.3 Å². The van der Waals surface area contributed by atoms with E-state index in [1.807, 2.05) is 38.6 Å². The second kappa shape index (κ2) is 16.3. The predicted molar refractivity (Wildman–Crippen MR) is 245 cm³/mol. The molecule has 0 bridgehead atoms. The number of likely N-dealkylation sites (tertiary alicyclic amines) is 1. The standard InChI is InChI=1S/C48H46FN11O6S/c49-36-20-30(19-34-35(36)23-60(44(34)64)42(43(63)54-45-51-12-17-67-45)41-38-2-1-13-56(38)28-52-41)29-3-5-32(6-4-29)57-24-47(25-57)26-58(27-47)40(62)21-48(66)10-15-55(16-11-48)37-8-7-33(18-31(37)22-50)59-14-9-39(61)53-46(59)65/h3-8,12,17-20,28,42,66H,1-2,9-11,13-16,21,23-27H2,(H,51,54,63)(H,53,61,65). The molecule has 5 aromatic rings. The van der Waals surface area contributed by atoms with Crippen molar-refractivity contribution in [3.05, 3.63) is 106 Å². The number of imide groups is 1. The van der Waals surface area contributed by atoms with Gasteiger partial charge in [0.25, 0.3) is 11.8 Å². The summed E-state index contributed by atoms with van der Waals surface area (Å²) in [6, 6.07) is 16.7. The van der Waals surface area contributed by atoms with Gasteiger partial charge in [-0.1, -0.05) is 12.1 Å². The molecule has 0 radical (unpaired) electrons. The minimum atomic E-state index is -1.16. The lowest BCUT2D eigenvalue weighted by Crippen LogP contribution is -2.73. The Balaban J connectivity index is 0.686. The van der Waals surface area contributed by atoms with Gasteiger partial charge in [0.05, 0.1) is 41.8 Å². The predicted octanol–water partition coefficient (Wildman–Crippen LogP) is 4.82. The summed E-state index contributed by atoms with van der Waals surface area (Å²) in [5, 5.41) is 28.7. The number of rotatable bonds is 10. The maximum absolute atomic E-state index is 16.0.